The molecule has 162 valence electrons. The zero-order valence-corrected chi connectivity index (χ0v) is 18.7. The fourth-order valence-corrected chi connectivity index (χ4v) is 3.80. The molecule has 0 fully saturated rings. The van der Waals surface area contributed by atoms with E-state index in [2.05, 4.69) is 20.6 Å². The predicted molar refractivity (Wildman–Crippen MR) is 115 cm³/mol. The Bertz CT molecular complexity index is 1040. The van der Waals surface area contributed by atoms with Crippen LogP contribution in [0, 0.1) is 6.92 Å². The molecule has 2 rings (SSSR count). The number of sulfonamides is 1. The molecule has 2 aromatic rings. The van der Waals surface area contributed by atoms with Crippen molar-refractivity contribution in [2.45, 2.75) is 58.4 Å². The van der Waals surface area contributed by atoms with Crippen LogP contribution >= 0.6 is 0 Å². The number of nitrogens with one attached hydrogen (secondary N) is 3. The minimum atomic E-state index is -4.28. The molecule has 3 N–H and O–H groups in total. The van der Waals surface area contributed by atoms with Crippen LogP contribution in [0.15, 0.2) is 29.6 Å². The molecule has 1 aromatic carbocycles. The summed E-state index contributed by atoms with van der Waals surface area (Å²) in [4.78, 5) is 31.2. The molecule has 9 nitrogen and oxygen atoms in total. The summed E-state index contributed by atoms with van der Waals surface area (Å²) in [5, 5.41) is 4.64. The van der Waals surface area contributed by atoms with Gasteiger partial charge in [-0.2, -0.15) is 8.42 Å². The van der Waals surface area contributed by atoms with Crippen molar-refractivity contribution < 1.29 is 18.0 Å². The van der Waals surface area contributed by atoms with Gasteiger partial charge in [0.2, 0.25) is 5.91 Å². The summed E-state index contributed by atoms with van der Waals surface area (Å²) < 4.78 is 27.1. The lowest BCUT2D eigenvalue weighted by molar-refractivity contribution is -0.114. The Morgan fingerprint density at radius 2 is 1.50 bits per heavy atom. The number of nitrogens with zero attached hydrogens (tertiary/aromatic N) is 2. The highest BCUT2D eigenvalue weighted by Gasteiger charge is 2.23. The lowest BCUT2D eigenvalue weighted by Gasteiger charge is -2.21. The van der Waals surface area contributed by atoms with Crippen molar-refractivity contribution >= 4 is 33.5 Å². The van der Waals surface area contributed by atoms with Gasteiger partial charge in [-0.15, -0.1) is 0 Å². The van der Waals surface area contributed by atoms with Crippen molar-refractivity contribution in [2.24, 2.45) is 0 Å². The third kappa shape index (κ3) is 5.76. The van der Waals surface area contributed by atoms with E-state index >= 15 is 0 Å². The summed E-state index contributed by atoms with van der Waals surface area (Å²) in [5.41, 5.74) is 3.50. The van der Waals surface area contributed by atoms with Crippen LogP contribution in [0.5, 0.6) is 0 Å². The van der Waals surface area contributed by atoms with Gasteiger partial charge in [0.15, 0.2) is 5.03 Å². The monoisotopic (exact) mass is 433 g/mol. The Hall–Kier alpha value is -3.01. The summed E-state index contributed by atoms with van der Waals surface area (Å²) in [5.74, 6) is -0.154. The number of hydrogen-bond acceptors (Lipinski definition) is 6. The van der Waals surface area contributed by atoms with E-state index in [-0.39, 0.29) is 17.7 Å². The van der Waals surface area contributed by atoms with Crippen molar-refractivity contribution in [1.29, 1.82) is 0 Å². The summed E-state index contributed by atoms with van der Waals surface area (Å²) in [6.07, 6.45) is 0.992. The number of aryl methyl sites for hydroxylation is 1. The van der Waals surface area contributed by atoms with Gasteiger partial charge in [-0.3, -0.25) is 4.79 Å². The van der Waals surface area contributed by atoms with Crippen LogP contribution < -0.4 is 15.4 Å². The number of benzene rings is 1. The van der Waals surface area contributed by atoms with Crippen LogP contribution in [-0.4, -0.2) is 30.3 Å². The van der Waals surface area contributed by atoms with Crippen LogP contribution in [0.3, 0.4) is 0 Å². The van der Waals surface area contributed by atoms with Gasteiger partial charge < -0.3 is 10.6 Å². The second kappa shape index (κ2) is 9.21. The Morgan fingerprint density at radius 1 is 0.933 bits per heavy atom. The second-order valence-corrected chi connectivity index (χ2v) is 9.24. The summed E-state index contributed by atoms with van der Waals surface area (Å²) in [6.45, 7) is 11.3. The topological polar surface area (TPSA) is 130 Å². The number of urea groups is 1. The highest BCUT2D eigenvalue weighted by Crippen LogP contribution is 2.33. The normalized spacial score (nSPS) is 11.5. The van der Waals surface area contributed by atoms with Crippen LogP contribution in [0.1, 0.15) is 63.1 Å². The van der Waals surface area contributed by atoms with Crippen molar-refractivity contribution in [1.82, 2.24) is 14.7 Å². The molecular formula is C20H27N5O4S. The van der Waals surface area contributed by atoms with E-state index in [1.165, 1.54) is 6.92 Å². The maximum Gasteiger partial charge on any atom is 0.333 e. The van der Waals surface area contributed by atoms with Crippen LogP contribution in [0.2, 0.25) is 0 Å². The molecule has 0 atom stereocenters. The highest BCUT2D eigenvalue weighted by atomic mass is 32.2. The number of amides is 3. The molecule has 0 spiro atoms. The van der Waals surface area contributed by atoms with E-state index in [0.717, 1.165) is 29.1 Å². The summed E-state index contributed by atoms with van der Waals surface area (Å²) in [7, 11) is -4.28. The number of hydrogen-bond donors (Lipinski definition) is 3. The Morgan fingerprint density at radius 3 is 2.00 bits per heavy atom. The minimum absolute atomic E-state index is 0.0148. The van der Waals surface area contributed by atoms with Crippen molar-refractivity contribution in [3.8, 4) is 0 Å². The third-order valence-corrected chi connectivity index (χ3v) is 5.50. The second-order valence-electron chi connectivity index (χ2n) is 7.61. The van der Waals surface area contributed by atoms with E-state index in [4.69, 9.17) is 0 Å². The summed E-state index contributed by atoms with van der Waals surface area (Å²) >= 11 is 0. The van der Waals surface area contributed by atoms with E-state index in [9.17, 15) is 18.0 Å². The fourth-order valence-electron chi connectivity index (χ4n) is 2.95. The Kier molecular flexibility index (Phi) is 7.14. The maximum atomic E-state index is 12.6. The Labute approximate surface area is 176 Å². The first-order chi connectivity index (χ1) is 13.9. The molecule has 3 amide bonds. The van der Waals surface area contributed by atoms with Gasteiger partial charge in [0.1, 0.15) is 12.1 Å². The van der Waals surface area contributed by atoms with Crippen molar-refractivity contribution in [2.75, 3.05) is 10.6 Å². The van der Waals surface area contributed by atoms with E-state index in [1.807, 2.05) is 51.5 Å². The van der Waals surface area contributed by atoms with Gasteiger partial charge in [-0.1, -0.05) is 45.4 Å². The molecule has 1 aromatic heterocycles. The average Bonchev–Trinajstić information content (AvgIpc) is 2.61. The van der Waals surface area contributed by atoms with Crippen molar-refractivity contribution in [3.63, 3.8) is 0 Å². The van der Waals surface area contributed by atoms with E-state index < -0.39 is 27.0 Å². The number of aromatic nitrogens is 2. The number of carbonyl (C=O) groups excluding carboxylic acids is 2. The number of rotatable bonds is 6. The third-order valence-electron chi connectivity index (χ3n) is 4.27. The molecule has 10 heteroatoms. The standard InChI is InChI=1S/C20H27N5O4S/c1-11(2)15-7-13(5)8-16(12(3)4)19(15)24-20(27)25-30(28,29)18-9-17(21-10-22-18)23-14(6)26/h7-12H,1-6H3,(H2,24,25,27)(H,21,22,23,26). The van der Waals surface area contributed by atoms with Gasteiger partial charge in [-0.25, -0.2) is 19.5 Å². The molecule has 0 aliphatic carbocycles. The van der Waals surface area contributed by atoms with Crippen LogP contribution in [0.25, 0.3) is 0 Å². The maximum absolute atomic E-state index is 12.6. The van der Waals surface area contributed by atoms with Gasteiger partial charge in [0.25, 0.3) is 10.0 Å². The first kappa shape index (κ1) is 23.3. The SMILES string of the molecule is CC(=O)Nc1cc(S(=O)(=O)NC(=O)Nc2c(C(C)C)cc(C)cc2C(C)C)ncn1. The first-order valence-electron chi connectivity index (χ1n) is 9.48. The van der Waals surface area contributed by atoms with E-state index in [1.54, 1.807) is 0 Å². The first-order valence-corrected chi connectivity index (χ1v) is 11.0. The number of anilines is 2. The lowest BCUT2D eigenvalue weighted by atomic mass is 9.90. The average molecular weight is 434 g/mol. The molecule has 0 aliphatic heterocycles. The molecule has 0 saturated carbocycles. The Balaban J connectivity index is 2.32. The molecule has 0 bridgehead atoms. The lowest BCUT2D eigenvalue weighted by Crippen LogP contribution is -2.35. The predicted octanol–water partition coefficient (Wildman–Crippen LogP) is 3.50. The van der Waals surface area contributed by atoms with Crippen molar-refractivity contribution in [3.05, 3.63) is 41.2 Å². The van der Waals surface area contributed by atoms with Crippen LogP contribution in [-0.2, 0) is 14.8 Å². The van der Waals surface area contributed by atoms with E-state index in [0.29, 0.717) is 5.69 Å². The quantitative estimate of drug-likeness (QED) is 0.598. The highest BCUT2D eigenvalue weighted by molar-refractivity contribution is 7.90. The molecule has 0 unspecified atom stereocenters. The van der Waals surface area contributed by atoms with Gasteiger partial charge in [0.05, 0.1) is 0 Å². The zero-order valence-electron chi connectivity index (χ0n) is 17.9. The van der Waals surface area contributed by atoms with Gasteiger partial charge in [-0.05, 0) is 29.9 Å². The fraction of sp³-hybridized carbons (Fsp3) is 0.400. The molecule has 30 heavy (non-hydrogen) atoms. The molecule has 0 saturated heterocycles. The van der Waals surface area contributed by atoms with Gasteiger partial charge >= 0.3 is 6.03 Å². The number of carbonyl (C=O) groups is 2. The summed E-state index contributed by atoms with van der Waals surface area (Å²) in [6, 6.07) is 4.12. The molecular weight excluding hydrogens is 406 g/mol. The van der Waals surface area contributed by atoms with Gasteiger partial charge in [0, 0.05) is 18.7 Å². The zero-order chi connectivity index (χ0) is 22.6. The largest absolute Gasteiger partial charge is 0.333 e. The minimum Gasteiger partial charge on any atom is -0.311 e. The molecule has 1 heterocycles. The smallest absolute Gasteiger partial charge is 0.311 e. The van der Waals surface area contributed by atoms with Crippen LogP contribution in [0.4, 0.5) is 16.3 Å². The molecule has 0 radical (unpaired) electrons. The molecule has 0 aliphatic rings.